The number of nitrogens with two attached hydrogens (primary N) is 1. The van der Waals surface area contributed by atoms with Gasteiger partial charge in [-0.05, 0) is 37.9 Å². The normalized spacial score (nSPS) is 16.7. The third-order valence-corrected chi connectivity index (χ3v) is 3.63. The molecule has 1 aliphatic rings. The van der Waals surface area contributed by atoms with Gasteiger partial charge in [-0.2, -0.15) is 0 Å². The number of hydrogen-bond donors (Lipinski definition) is 1. The Labute approximate surface area is 109 Å². The average molecular weight is 246 g/mol. The predicted octanol–water partition coefficient (Wildman–Crippen LogP) is 1.86. The van der Waals surface area contributed by atoms with Crippen molar-refractivity contribution in [2.75, 3.05) is 26.2 Å². The molecule has 3 heteroatoms. The van der Waals surface area contributed by atoms with Crippen molar-refractivity contribution in [3.63, 3.8) is 0 Å². The van der Waals surface area contributed by atoms with Crippen molar-refractivity contribution in [2.45, 2.75) is 25.7 Å². The minimum Gasteiger partial charge on any atom is -0.324 e. The van der Waals surface area contributed by atoms with Crippen LogP contribution in [-0.4, -0.2) is 36.9 Å². The zero-order chi connectivity index (χ0) is 12.8. The fourth-order valence-electron chi connectivity index (χ4n) is 2.45. The monoisotopic (exact) mass is 246 g/mol. The topological polar surface area (TPSA) is 46.3 Å². The van der Waals surface area contributed by atoms with Crippen molar-refractivity contribution >= 4 is 5.78 Å². The Bertz CT molecular complexity index is 380. The molecule has 0 aromatic heterocycles. The van der Waals surface area contributed by atoms with E-state index >= 15 is 0 Å². The lowest BCUT2D eigenvalue weighted by Crippen LogP contribution is -2.31. The van der Waals surface area contributed by atoms with Gasteiger partial charge in [-0.1, -0.05) is 30.7 Å². The van der Waals surface area contributed by atoms with Crippen LogP contribution in [0.1, 0.15) is 35.2 Å². The van der Waals surface area contributed by atoms with Crippen molar-refractivity contribution in [1.29, 1.82) is 0 Å². The van der Waals surface area contributed by atoms with E-state index in [0.717, 1.165) is 18.5 Å². The summed E-state index contributed by atoms with van der Waals surface area (Å²) in [4.78, 5) is 13.9. The second kappa shape index (κ2) is 6.66. The van der Waals surface area contributed by atoms with Crippen LogP contribution >= 0.6 is 0 Å². The maximum absolute atomic E-state index is 11.4. The smallest absolute Gasteiger partial charge is 0.176 e. The maximum atomic E-state index is 11.4. The summed E-state index contributed by atoms with van der Waals surface area (Å²) in [5, 5.41) is 0. The van der Waals surface area contributed by atoms with E-state index < -0.39 is 0 Å². The lowest BCUT2D eigenvalue weighted by molar-refractivity contribution is 0.100. The van der Waals surface area contributed by atoms with Crippen LogP contribution in [0.2, 0.25) is 0 Å². The van der Waals surface area contributed by atoms with Crippen LogP contribution in [0.4, 0.5) is 0 Å². The van der Waals surface area contributed by atoms with E-state index in [1.54, 1.807) is 0 Å². The Balaban J connectivity index is 1.84. The first-order valence-corrected chi connectivity index (χ1v) is 6.84. The van der Waals surface area contributed by atoms with Crippen molar-refractivity contribution in [1.82, 2.24) is 4.90 Å². The zero-order valence-corrected chi connectivity index (χ0v) is 10.9. The highest BCUT2D eigenvalue weighted by Gasteiger charge is 2.09. The number of Topliss-reactive ketones (excluding diaryl/α,β-unsaturated/α-hetero) is 1. The van der Waals surface area contributed by atoms with E-state index in [1.807, 2.05) is 24.3 Å². The molecule has 2 rings (SSSR count). The molecule has 1 heterocycles. The van der Waals surface area contributed by atoms with Crippen LogP contribution in [0, 0.1) is 0 Å². The summed E-state index contributed by atoms with van der Waals surface area (Å²) in [7, 11) is 0. The molecular formula is C15H22N2O. The molecule has 0 bridgehead atoms. The first-order valence-electron chi connectivity index (χ1n) is 6.84. The molecule has 0 unspecified atom stereocenters. The molecule has 98 valence electrons. The van der Waals surface area contributed by atoms with Crippen molar-refractivity contribution in [3.05, 3.63) is 35.4 Å². The van der Waals surface area contributed by atoms with Crippen molar-refractivity contribution in [2.24, 2.45) is 5.73 Å². The summed E-state index contributed by atoms with van der Waals surface area (Å²) in [6.45, 7) is 3.70. The lowest BCUT2D eigenvalue weighted by Gasteiger charge is -2.26. The Morgan fingerprint density at radius 1 is 1.11 bits per heavy atom. The Hall–Kier alpha value is -1.19. The molecule has 0 aliphatic carbocycles. The van der Waals surface area contributed by atoms with Gasteiger partial charge in [0.1, 0.15) is 0 Å². The quantitative estimate of drug-likeness (QED) is 0.807. The molecule has 18 heavy (non-hydrogen) atoms. The minimum atomic E-state index is 0.0116. The molecule has 0 saturated carbocycles. The molecule has 0 amide bonds. The number of piperidine rings is 1. The third kappa shape index (κ3) is 3.65. The summed E-state index contributed by atoms with van der Waals surface area (Å²) in [5.74, 6) is 0.0116. The highest BCUT2D eigenvalue weighted by molar-refractivity contribution is 5.97. The summed E-state index contributed by atoms with van der Waals surface area (Å²) in [6.07, 6.45) is 5.12. The predicted molar refractivity (Wildman–Crippen MR) is 73.8 cm³/mol. The number of carbonyl (C=O) groups is 1. The minimum absolute atomic E-state index is 0.0116. The van der Waals surface area contributed by atoms with Crippen LogP contribution < -0.4 is 5.73 Å². The third-order valence-electron chi connectivity index (χ3n) is 3.63. The first-order chi connectivity index (χ1) is 8.79. The molecule has 0 spiro atoms. The van der Waals surface area contributed by atoms with Crippen LogP contribution in [0.3, 0.4) is 0 Å². The maximum Gasteiger partial charge on any atom is 0.176 e. The van der Waals surface area contributed by atoms with Crippen LogP contribution in [0.25, 0.3) is 0 Å². The van der Waals surface area contributed by atoms with Gasteiger partial charge in [0.05, 0.1) is 6.54 Å². The molecule has 1 fully saturated rings. The van der Waals surface area contributed by atoms with Gasteiger partial charge in [0.2, 0.25) is 0 Å². The van der Waals surface area contributed by atoms with E-state index in [-0.39, 0.29) is 12.3 Å². The molecule has 2 N–H and O–H groups in total. The van der Waals surface area contributed by atoms with Gasteiger partial charge >= 0.3 is 0 Å². The molecule has 0 atom stereocenters. The van der Waals surface area contributed by atoms with Gasteiger partial charge in [0.15, 0.2) is 5.78 Å². The van der Waals surface area contributed by atoms with Crippen molar-refractivity contribution in [3.8, 4) is 0 Å². The number of hydrogen-bond acceptors (Lipinski definition) is 3. The summed E-state index contributed by atoms with van der Waals surface area (Å²) < 4.78 is 0. The number of ketones is 1. The second-order valence-electron chi connectivity index (χ2n) is 4.98. The van der Waals surface area contributed by atoms with E-state index in [0.29, 0.717) is 0 Å². The number of rotatable bonds is 5. The number of benzene rings is 1. The summed E-state index contributed by atoms with van der Waals surface area (Å²) in [5.41, 5.74) is 7.36. The Kier molecular flexibility index (Phi) is 4.90. The van der Waals surface area contributed by atoms with E-state index in [4.69, 9.17) is 5.73 Å². The van der Waals surface area contributed by atoms with Gasteiger partial charge in [0, 0.05) is 12.1 Å². The first kappa shape index (κ1) is 13.2. The molecular weight excluding hydrogens is 224 g/mol. The number of carbonyl (C=O) groups excluding carboxylic acids is 1. The number of nitrogens with zero attached hydrogens (tertiary/aromatic N) is 1. The molecule has 1 saturated heterocycles. The average Bonchev–Trinajstić information content (AvgIpc) is 2.46. The van der Waals surface area contributed by atoms with Gasteiger partial charge in [-0.3, -0.25) is 4.79 Å². The van der Waals surface area contributed by atoms with Gasteiger partial charge < -0.3 is 10.6 Å². The van der Waals surface area contributed by atoms with E-state index in [1.165, 1.54) is 37.9 Å². The van der Waals surface area contributed by atoms with E-state index in [9.17, 15) is 4.79 Å². The van der Waals surface area contributed by atoms with Crippen molar-refractivity contribution < 1.29 is 4.79 Å². The van der Waals surface area contributed by atoms with Gasteiger partial charge in [-0.25, -0.2) is 0 Å². The molecule has 1 aromatic rings. The SMILES string of the molecule is NCC(=O)c1ccc(CCN2CCCCC2)cc1. The summed E-state index contributed by atoms with van der Waals surface area (Å²) >= 11 is 0. The molecule has 0 radical (unpaired) electrons. The fraction of sp³-hybridized carbons (Fsp3) is 0.533. The second-order valence-corrected chi connectivity index (χ2v) is 4.98. The highest BCUT2D eigenvalue weighted by Crippen LogP contribution is 2.11. The fourth-order valence-corrected chi connectivity index (χ4v) is 2.45. The largest absolute Gasteiger partial charge is 0.324 e. The van der Waals surface area contributed by atoms with Crippen LogP contribution in [0.15, 0.2) is 24.3 Å². The van der Waals surface area contributed by atoms with Crippen LogP contribution in [-0.2, 0) is 6.42 Å². The number of likely N-dealkylation sites (tertiary alicyclic amines) is 1. The zero-order valence-electron chi connectivity index (χ0n) is 10.9. The molecule has 1 aliphatic heterocycles. The van der Waals surface area contributed by atoms with E-state index in [2.05, 4.69) is 4.90 Å². The Morgan fingerprint density at radius 2 is 1.78 bits per heavy atom. The standard InChI is InChI=1S/C15H22N2O/c16-12-15(18)14-6-4-13(5-7-14)8-11-17-9-2-1-3-10-17/h4-7H,1-3,8-12,16H2. The molecule has 1 aromatic carbocycles. The van der Waals surface area contributed by atoms with Gasteiger partial charge in [-0.15, -0.1) is 0 Å². The van der Waals surface area contributed by atoms with Crippen LogP contribution in [0.5, 0.6) is 0 Å². The van der Waals surface area contributed by atoms with Gasteiger partial charge in [0.25, 0.3) is 0 Å². The molecule has 3 nitrogen and oxygen atoms in total. The highest BCUT2D eigenvalue weighted by atomic mass is 16.1. The summed E-state index contributed by atoms with van der Waals surface area (Å²) in [6, 6.07) is 7.88. The Morgan fingerprint density at radius 3 is 2.39 bits per heavy atom. The lowest BCUT2D eigenvalue weighted by atomic mass is 10.1.